The number of carbonyl (C=O) groups is 1. The number of fused-ring (bicyclic) bond motifs is 1. The summed E-state index contributed by atoms with van der Waals surface area (Å²) in [6.07, 6.45) is -5.28. The van der Waals surface area contributed by atoms with Gasteiger partial charge < -0.3 is 4.74 Å². The molecule has 2 rings (SSSR count). The summed E-state index contributed by atoms with van der Waals surface area (Å²) < 4.78 is 63.4. The smallest absolute Gasteiger partial charge is 0.436 e. The van der Waals surface area contributed by atoms with E-state index in [0.29, 0.717) is 11.1 Å². The molecule has 0 saturated carbocycles. The van der Waals surface area contributed by atoms with Crippen molar-refractivity contribution in [2.45, 2.75) is 23.8 Å². The molecule has 0 spiro atoms. The molecule has 0 amide bonds. The molecule has 1 heterocycles. The van der Waals surface area contributed by atoms with Crippen molar-refractivity contribution in [1.82, 2.24) is 5.32 Å². The maximum Gasteiger partial charge on any atom is 0.490 e. The molecular weight excluding hydrogens is 299 g/mol. The van der Waals surface area contributed by atoms with Gasteiger partial charge in [0.15, 0.2) is 16.1 Å². The maximum absolute atomic E-state index is 12.1. The van der Waals surface area contributed by atoms with Crippen LogP contribution in [0.3, 0.4) is 0 Å². The summed E-state index contributed by atoms with van der Waals surface area (Å²) in [6, 6.07) is 3.94. The maximum atomic E-state index is 12.1. The number of sulfone groups is 1. The molecule has 5 nitrogen and oxygen atoms in total. The minimum Gasteiger partial charge on any atom is -0.436 e. The summed E-state index contributed by atoms with van der Waals surface area (Å²) in [5.74, 6) is -2.30. The van der Waals surface area contributed by atoms with E-state index in [2.05, 4.69) is 10.1 Å². The third kappa shape index (κ3) is 2.93. The van der Waals surface area contributed by atoms with Gasteiger partial charge in [-0.05, 0) is 17.7 Å². The fraction of sp³-hybridized carbons (Fsp3) is 0.364. The molecular formula is C11H10F3NO4S. The van der Waals surface area contributed by atoms with Gasteiger partial charge in [0, 0.05) is 18.4 Å². The highest BCUT2D eigenvalue weighted by molar-refractivity contribution is 7.90. The van der Waals surface area contributed by atoms with Crippen LogP contribution in [-0.2, 0) is 25.9 Å². The zero-order valence-electron chi connectivity index (χ0n) is 10.2. The molecule has 1 N–H and O–H groups in total. The summed E-state index contributed by atoms with van der Waals surface area (Å²) in [7, 11) is -3.40. The molecule has 0 aromatic heterocycles. The van der Waals surface area contributed by atoms with Gasteiger partial charge in [-0.3, -0.25) is 5.32 Å². The predicted molar refractivity (Wildman–Crippen MR) is 61.3 cm³/mol. The lowest BCUT2D eigenvalue weighted by molar-refractivity contribution is -0.206. The van der Waals surface area contributed by atoms with Crippen molar-refractivity contribution in [3.8, 4) is 0 Å². The molecule has 1 aromatic rings. The molecule has 0 radical (unpaired) electrons. The number of nitrogens with one attached hydrogen (secondary N) is 1. The molecule has 1 aliphatic heterocycles. The molecule has 1 aromatic carbocycles. The fourth-order valence-electron chi connectivity index (χ4n) is 1.81. The third-order valence-electron chi connectivity index (χ3n) is 2.76. The monoisotopic (exact) mass is 309 g/mol. The van der Waals surface area contributed by atoms with Crippen LogP contribution in [0.15, 0.2) is 23.1 Å². The first-order valence-electron chi connectivity index (χ1n) is 5.43. The number of esters is 1. The first kappa shape index (κ1) is 14.8. The van der Waals surface area contributed by atoms with Gasteiger partial charge in [-0.25, -0.2) is 13.2 Å². The van der Waals surface area contributed by atoms with Crippen molar-refractivity contribution in [3.63, 3.8) is 0 Å². The lowest BCUT2D eigenvalue weighted by Crippen LogP contribution is -2.30. The normalized spacial score (nSPS) is 18.7. The SMILES string of the molecule is CS(=O)(=O)c1ccc2c(c1)CNC2OC(=O)C(F)(F)F. The number of alkyl halides is 3. The van der Waals surface area contributed by atoms with Crippen molar-refractivity contribution in [2.24, 2.45) is 0 Å². The molecule has 20 heavy (non-hydrogen) atoms. The highest BCUT2D eigenvalue weighted by Gasteiger charge is 2.43. The molecule has 0 aliphatic carbocycles. The Bertz CT molecular complexity index is 654. The first-order chi connectivity index (χ1) is 9.09. The van der Waals surface area contributed by atoms with Gasteiger partial charge in [0.05, 0.1) is 4.90 Å². The van der Waals surface area contributed by atoms with Crippen LogP contribution in [0.2, 0.25) is 0 Å². The van der Waals surface area contributed by atoms with Crippen molar-refractivity contribution >= 4 is 15.8 Å². The first-order valence-corrected chi connectivity index (χ1v) is 7.32. The van der Waals surface area contributed by atoms with Crippen molar-refractivity contribution in [2.75, 3.05) is 6.26 Å². The van der Waals surface area contributed by atoms with Crippen LogP contribution in [0.5, 0.6) is 0 Å². The highest BCUT2D eigenvalue weighted by Crippen LogP contribution is 2.30. The topological polar surface area (TPSA) is 72.5 Å². The molecule has 0 bridgehead atoms. The molecule has 110 valence electrons. The second kappa shape index (κ2) is 4.74. The predicted octanol–water partition coefficient (Wildman–Crippen LogP) is 1.30. The Hall–Kier alpha value is -1.61. The van der Waals surface area contributed by atoms with E-state index in [9.17, 15) is 26.4 Å². The quantitative estimate of drug-likeness (QED) is 0.834. The van der Waals surface area contributed by atoms with Gasteiger partial charge in [0.1, 0.15) is 0 Å². The van der Waals surface area contributed by atoms with Crippen LogP contribution in [0.25, 0.3) is 0 Å². The molecule has 0 fully saturated rings. The molecule has 1 aliphatic rings. The second-order valence-electron chi connectivity index (χ2n) is 4.30. The van der Waals surface area contributed by atoms with E-state index in [-0.39, 0.29) is 11.4 Å². The summed E-state index contributed by atoms with van der Waals surface area (Å²) in [5.41, 5.74) is 0.794. The van der Waals surface area contributed by atoms with Crippen molar-refractivity contribution in [1.29, 1.82) is 0 Å². The van der Waals surface area contributed by atoms with Crippen molar-refractivity contribution < 1.29 is 31.1 Å². The zero-order valence-corrected chi connectivity index (χ0v) is 11.0. The highest BCUT2D eigenvalue weighted by atomic mass is 32.2. The average molecular weight is 309 g/mol. The number of carbonyl (C=O) groups excluding carboxylic acids is 1. The largest absolute Gasteiger partial charge is 0.490 e. The van der Waals surface area contributed by atoms with Crippen LogP contribution in [0.1, 0.15) is 17.4 Å². The minimum absolute atomic E-state index is 0.0563. The van der Waals surface area contributed by atoms with E-state index in [4.69, 9.17) is 0 Å². The van der Waals surface area contributed by atoms with E-state index in [0.717, 1.165) is 6.26 Å². The summed E-state index contributed by atoms with van der Waals surface area (Å²) in [4.78, 5) is 10.8. The Kier molecular flexibility index (Phi) is 3.51. The van der Waals surface area contributed by atoms with Gasteiger partial charge in [-0.15, -0.1) is 0 Å². The molecule has 1 unspecified atom stereocenters. The fourth-order valence-corrected chi connectivity index (χ4v) is 2.48. The Labute approximate surface area is 112 Å². The number of hydrogen-bond acceptors (Lipinski definition) is 5. The number of benzene rings is 1. The van der Waals surface area contributed by atoms with E-state index in [1.54, 1.807) is 0 Å². The van der Waals surface area contributed by atoms with Crippen LogP contribution in [0.4, 0.5) is 13.2 Å². The Morgan fingerprint density at radius 2 is 2.05 bits per heavy atom. The minimum atomic E-state index is -5.07. The molecule has 1 atom stereocenters. The van der Waals surface area contributed by atoms with Crippen molar-refractivity contribution in [3.05, 3.63) is 29.3 Å². The summed E-state index contributed by atoms with van der Waals surface area (Å²) >= 11 is 0. The van der Waals surface area contributed by atoms with E-state index >= 15 is 0 Å². The summed E-state index contributed by atoms with van der Waals surface area (Å²) in [6.45, 7) is 0.120. The second-order valence-corrected chi connectivity index (χ2v) is 6.31. The van der Waals surface area contributed by atoms with E-state index < -0.39 is 28.2 Å². The van der Waals surface area contributed by atoms with Crippen LogP contribution in [-0.4, -0.2) is 26.8 Å². The average Bonchev–Trinajstić information content (AvgIpc) is 2.69. The van der Waals surface area contributed by atoms with E-state index in [1.165, 1.54) is 18.2 Å². The number of halogens is 3. The zero-order chi connectivity index (χ0) is 15.1. The van der Waals surface area contributed by atoms with Gasteiger partial charge in [-0.2, -0.15) is 13.2 Å². The van der Waals surface area contributed by atoms with Gasteiger partial charge in [0.25, 0.3) is 0 Å². The standard InChI is InChI=1S/C11H10F3NO4S/c1-20(17,18)7-2-3-8-6(4-7)5-15-9(8)19-10(16)11(12,13)14/h2-4,9,15H,5H2,1H3. The Balaban J connectivity index is 2.25. The lowest BCUT2D eigenvalue weighted by atomic mass is 10.1. The lowest BCUT2D eigenvalue weighted by Gasteiger charge is -2.14. The van der Waals surface area contributed by atoms with Gasteiger partial charge in [-0.1, -0.05) is 6.07 Å². The Morgan fingerprint density at radius 3 is 2.60 bits per heavy atom. The van der Waals surface area contributed by atoms with Gasteiger partial charge in [0.2, 0.25) is 0 Å². The number of rotatable bonds is 2. The third-order valence-corrected chi connectivity index (χ3v) is 3.87. The van der Waals surface area contributed by atoms with Crippen LogP contribution in [0, 0.1) is 0 Å². The van der Waals surface area contributed by atoms with E-state index in [1.807, 2.05) is 0 Å². The van der Waals surface area contributed by atoms with Crippen LogP contribution < -0.4 is 5.32 Å². The molecule has 0 saturated heterocycles. The number of ether oxygens (including phenoxy) is 1. The summed E-state index contributed by atoms with van der Waals surface area (Å²) in [5, 5.41) is 2.57. The van der Waals surface area contributed by atoms with Crippen LogP contribution >= 0.6 is 0 Å². The number of hydrogen-bond donors (Lipinski definition) is 1. The Morgan fingerprint density at radius 1 is 1.40 bits per heavy atom. The van der Waals surface area contributed by atoms with Gasteiger partial charge >= 0.3 is 12.1 Å². The molecule has 9 heteroatoms.